The minimum atomic E-state index is -0.396. The average molecular weight is 500 g/mol. The number of benzene rings is 3. The van der Waals surface area contributed by atoms with Crippen molar-refractivity contribution in [3.63, 3.8) is 0 Å². The lowest BCUT2D eigenvalue weighted by molar-refractivity contribution is 0.262. The maximum absolute atomic E-state index is 15.8. The van der Waals surface area contributed by atoms with Gasteiger partial charge in [-0.1, -0.05) is 61.2 Å². The largest absolute Gasteiger partial charge is 0.370 e. The summed E-state index contributed by atoms with van der Waals surface area (Å²) in [6.45, 7) is 1.99. The van der Waals surface area contributed by atoms with Crippen LogP contribution in [0, 0.1) is 12.7 Å². The molecule has 9 heteroatoms. The molecule has 3 aromatic carbocycles. The molecule has 190 valence electrons. The number of H-pyrrole nitrogens is 1. The topological polar surface area (TPSA) is 98.8 Å². The first-order valence-electron chi connectivity index (χ1n) is 12.5. The van der Waals surface area contributed by atoms with Gasteiger partial charge in [0.05, 0.1) is 11.4 Å². The van der Waals surface area contributed by atoms with Gasteiger partial charge in [0, 0.05) is 29.9 Å². The van der Waals surface area contributed by atoms with Gasteiger partial charge in [-0.3, -0.25) is 0 Å². The van der Waals surface area contributed by atoms with Crippen molar-refractivity contribution < 1.29 is 9.18 Å². The lowest BCUT2D eigenvalue weighted by Crippen LogP contribution is -2.34. The number of hydrogen-bond donors (Lipinski definition) is 3. The molecule has 1 aliphatic carbocycles. The van der Waals surface area contributed by atoms with Crippen LogP contribution in [0.25, 0.3) is 22.5 Å². The summed E-state index contributed by atoms with van der Waals surface area (Å²) >= 11 is 0. The maximum atomic E-state index is 15.8. The maximum Gasteiger partial charge on any atom is 0.323 e. The molecule has 0 bridgehead atoms. The van der Waals surface area contributed by atoms with Crippen LogP contribution in [0.2, 0.25) is 0 Å². The van der Waals surface area contributed by atoms with E-state index in [-0.39, 0.29) is 11.9 Å². The predicted molar refractivity (Wildman–Crippen MR) is 144 cm³/mol. The first kappa shape index (κ1) is 24.4. The molecule has 2 amide bonds. The number of carbonyl (C=O) groups excluding carboxylic acids is 1. The van der Waals surface area contributed by atoms with E-state index in [1.54, 1.807) is 6.07 Å². The number of tetrazole rings is 1. The van der Waals surface area contributed by atoms with Gasteiger partial charge in [-0.2, -0.15) is 0 Å². The molecule has 0 atom stereocenters. The van der Waals surface area contributed by atoms with E-state index in [0.717, 1.165) is 31.2 Å². The summed E-state index contributed by atoms with van der Waals surface area (Å²) in [5.41, 5.74) is 4.58. The lowest BCUT2D eigenvalue weighted by Gasteiger charge is -2.34. The van der Waals surface area contributed by atoms with Gasteiger partial charge >= 0.3 is 6.03 Å². The Morgan fingerprint density at radius 1 is 0.973 bits per heavy atom. The molecule has 0 spiro atoms. The Morgan fingerprint density at radius 3 is 2.41 bits per heavy atom. The number of carbonyl (C=O) groups is 1. The summed E-state index contributed by atoms with van der Waals surface area (Å²) in [4.78, 5) is 15.1. The number of urea groups is 1. The first-order valence-corrected chi connectivity index (χ1v) is 12.5. The van der Waals surface area contributed by atoms with Crippen LogP contribution < -0.4 is 15.5 Å². The number of hydrogen-bond acceptors (Lipinski definition) is 5. The third kappa shape index (κ3) is 5.45. The van der Waals surface area contributed by atoms with E-state index in [1.807, 2.05) is 62.5 Å². The molecule has 0 aliphatic heterocycles. The minimum Gasteiger partial charge on any atom is -0.370 e. The average Bonchev–Trinajstić information content (AvgIpc) is 3.46. The summed E-state index contributed by atoms with van der Waals surface area (Å²) in [5.74, 6) is 0.0482. The van der Waals surface area contributed by atoms with E-state index >= 15 is 4.39 Å². The number of aromatic amines is 1. The highest BCUT2D eigenvalue weighted by atomic mass is 19.1. The normalized spacial score (nSPS) is 13.8. The fourth-order valence-corrected chi connectivity index (χ4v) is 4.95. The van der Waals surface area contributed by atoms with E-state index in [9.17, 15) is 4.79 Å². The smallest absolute Gasteiger partial charge is 0.323 e. The second-order valence-electron chi connectivity index (χ2n) is 9.49. The van der Waals surface area contributed by atoms with Crippen LogP contribution in [0.4, 0.5) is 26.2 Å². The van der Waals surface area contributed by atoms with Crippen molar-refractivity contribution in [1.29, 1.82) is 0 Å². The molecule has 1 saturated carbocycles. The van der Waals surface area contributed by atoms with Crippen LogP contribution in [0.3, 0.4) is 0 Å². The monoisotopic (exact) mass is 499 g/mol. The van der Waals surface area contributed by atoms with Gasteiger partial charge in [0.25, 0.3) is 0 Å². The van der Waals surface area contributed by atoms with Crippen LogP contribution in [-0.4, -0.2) is 39.7 Å². The van der Waals surface area contributed by atoms with Crippen molar-refractivity contribution >= 4 is 23.1 Å². The Hall–Kier alpha value is -4.27. The zero-order valence-electron chi connectivity index (χ0n) is 21.0. The summed E-state index contributed by atoms with van der Waals surface area (Å²) < 4.78 is 15.8. The van der Waals surface area contributed by atoms with Gasteiger partial charge in [0.15, 0.2) is 5.82 Å². The number of amides is 2. The Bertz CT molecular complexity index is 1370. The quantitative estimate of drug-likeness (QED) is 0.285. The lowest BCUT2D eigenvalue weighted by atomic mass is 9.93. The molecule has 37 heavy (non-hydrogen) atoms. The van der Waals surface area contributed by atoms with Gasteiger partial charge in [-0.25, -0.2) is 14.3 Å². The fourth-order valence-electron chi connectivity index (χ4n) is 4.95. The van der Waals surface area contributed by atoms with Gasteiger partial charge < -0.3 is 15.5 Å². The zero-order valence-corrected chi connectivity index (χ0v) is 21.0. The Morgan fingerprint density at radius 2 is 1.70 bits per heavy atom. The van der Waals surface area contributed by atoms with Crippen molar-refractivity contribution in [2.75, 3.05) is 22.6 Å². The van der Waals surface area contributed by atoms with E-state index < -0.39 is 6.03 Å². The van der Waals surface area contributed by atoms with Crippen LogP contribution in [0.1, 0.15) is 37.7 Å². The molecule has 5 rings (SSSR count). The Labute approximate surface area is 215 Å². The molecular formula is C28H30FN7O. The number of nitrogens with one attached hydrogen (secondary N) is 3. The zero-order chi connectivity index (χ0) is 25.8. The number of aryl methyl sites for hydroxylation is 1. The Kier molecular flexibility index (Phi) is 7.11. The number of anilines is 3. The van der Waals surface area contributed by atoms with E-state index in [4.69, 9.17) is 0 Å². The second kappa shape index (κ2) is 10.8. The van der Waals surface area contributed by atoms with Gasteiger partial charge in [-0.15, -0.1) is 5.10 Å². The third-order valence-corrected chi connectivity index (χ3v) is 6.96. The Balaban J connectivity index is 1.54. The molecule has 1 aromatic heterocycles. The van der Waals surface area contributed by atoms with Crippen LogP contribution in [0.15, 0.2) is 60.7 Å². The number of halogens is 1. The molecule has 1 fully saturated rings. The van der Waals surface area contributed by atoms with Gasteiger partial charge in [0.1, 0.15) is 5.82 Å². The van der Waals surface area contributed by atoms with Crippen molar-refractivity contribution in [2.45, 2.75) is 45.1 Å². The number of nitrogens with zero attached hydrogens (tertiary/aromatic N) is 4. The van der Waals surface area contributed by atoms with Crippen molar-refractivity contribution in [2.24, 2.45) is 0 Å². The fraction of sp³-hybridized carbons (Fsp3) is 0.286. The van der Waals surface area contributed by atoms with E-state index in [2.05, 4.69) is 36.2 Å². The van der Waals surface area contributed by atoms with Gasteiger partial charge in [-0.05, 0) is 60.0 Å². The summed E-state index contributed by atoms with van der Waals surface area (Å²) in [7, 11) is 1.97. The van der Waals surface area contributed by atoms with E-state index in [1.165, 1.54) is 12.5 Å². The van der Waals surface area contributed by atoms with Crippen LogP contribution in [0.5, 0.6) is 0 Å². The molecule has 0 saturated heterocycles. The van der Waals surface area contributed by atoms with Crippen LogP contribution in [-0.2, 0) is 0 Å². The number of rotatable bonds is 6. The SMILES string of the molecule is Cc1ccc(NC(=O)Nc2cc(-c3ccccc3-c3nnn[nH]3)c(F)cc2N(C)C2CCCCC2)cc1. The minimum absolute atomic E-state index is 0.285. The predicted octanol–water partition coefficient (Wildman–Crippen LogP) is 6.39. The second-order valence-corrected chi connectivity index (χ2v) is 9.49. The third-order valence-electron chi connectivity index (χ3n) is 6.96. The highest BCUT2D eigenvalue weighted by molar-refractivity contribution is 6.02. The molecule has 4 aromatic rings. The first-order chi connectivity index (χ1) is 18.0. The highest BCUT2D eigenvalue weighted by Crippen LogP contribution is 2.39. The summed E-state index contributed by atoms with van der Waals surface area (Å²) in [5, 5.41) is 19.9. The molecular weight excluding hydrogens is 469 g/mol. The highest BCUT2D eigenvalue weighted by Gasteiger charge is 2.24. The molecule has 1 heterocycles. The standard InChI is InChI=1S/C28H30FN7O/c1-18-12-14-19(15-13-18)30-28(37)31-25-16-23(21-10-6-7-11-22(21)27-32-34-35-33-27)24(29)17-26(25)36(2)20-8-4-3-5-9-20/h6-7,10-17,20H,3-5,8-9H2,1-2H3,(H2,30,31,37)(H,32,33,34,35). The van der Waals surface area contributed by atoms with E-state index in [0.29, 0.717) is 39.6 Å². The van der Waals surface area contributed by atoms with Crippen molar-refractivity contribution in [3.8, 4) is 22.5 Å². The molecule has 1 aliphatic rings. The molecule has 8 nitrogen and oxygen atoms in total. The molecule has 0 radical (unpaired) electrons. The molecule has 0 unspecified atom stereocenters. The summed E-state index contributed by atoms with van der Waals surface area (Å²) in [6.07, 6.45) is 5.58. The van der Waals surface area contributed by atoms with Crippen molar-refractivity contribution in [1.82, 2.24) is 20.6 Å². The van der Waals surface area contributed by atoms with Gasteiger partial charge in [0.2, 0.25) is 0 Å². The van der Waals surface area contributed by atoms with Crippen LogP contribution >= 0.6 is 0 Å². The summed E-state index contributed by atoms with van der Waals surface area (Å²) in [6, 6.07) is 18.0. The number of aromatic nitrogens is 4. The van der Waals surface area contributed by atoms with Crippen molar-refractivity contribution in [3.05, 3.63) is 72.0 Å². The molecule has 3 N–H and O–H groups in total.